The van der Waals surface area contributed by atoms with Crippen LogP contribution < -0.4 is 0 Å². The number of aromatic carboxylic acids is 1. The second-order valence-corrected chi connectivity index (χ2v) is 4.74. The van der Waals surface area contributed by atoms with Crippen LogP contribution in [0.25, 0.3) is 0 Å². The Morgan fingerprint density at radius 1 is 1.33 bits per heavy atom. The maximum atomic E-state index is 11.2. The molecule has 1 unspecified atom stereocenters. The summed E-state index contributed by atoms with van der Waals surface area (Å²) < 4.78 is 0. The van der Waals surface area contributed by atoms with Gasteiger partial charge in [0, 0.05) is 0 Å². The van der Waals surface area contributed by atoms with Gasteiger partial charge in [0.1, 0.15) is 11.3 Å². The monoisotopic (exact) mass is 250 g/mol. The van der Waals surface area contributed by atoms with Crippen LogP contribution in [-0.2, 0) is 6.42 Å². The first-order chi connectivity index (χ1) is 8.60. The SMILES string of the molecule is CCCCC(CC)Cc1cccc(O)c1C(=O)O. The predicted octanol–water partition coefficient (Wildman–Crippen LogP) is 3.85. The fraction of sp³-hybridized carbons (Fsp3) is 0.533. The Bertz CT molecular complexity index is 399. The maximum absolute atomic E-state index is 11.2. The van der Waals surface area contributed by atoms with Gasteiger partial charge in [0.25, 0.3) is 0 Å². The van der Waals surface area contributed by atoms with E-state index < -0.39 is 5.97 Å². The topological polar surface area (TPSA) is 57.5 Å². The number of carboxylic acid groups (broad SMARTS) is 1. The van der Waals surface area contributed by atoms with Gasteiger partial charge in [0.15, 0.2) is 0 Å². The van der Waals surface area contributed by atoms with Crippen LogP contribution in [0.1, 0.15) is 55.5 Å². The third kappa shape index (κ3) is 3.76. The van der Waals surface area contributed by atoms with Gasteiger partial charge in [0.2, 0.25) is 0 Å². The summed E-state index contributed by atoms with van der Waals surface area (Å²) in [6.45, 7) is 4.29. The largest absolute Gasteiger partial charge is 0.507 e. The molecule has 0 aliphatic carbocycles. The minimum atomic E-state index is -1.05. The van der Waals surface area contributed by atoms with Crippen molar-refractivity contribution < 1.29 is 15.0 Å². The fourth-order valence-electron chi connectivity index (χ4n) is 2.26. The molecule has 1 aromatic carbocycles. The number of carbonyl (C=O) groups is 1. The molecule has 18 heavy (non-hydrogen) atoms. The quantitative estimate of drug-likeness (QED) is 0.772. The number of hydrogen-bond acceptors (Lipinski definition) is 2. The Morgan fingerprint density at radius 2 is 2.06 bits per heavy atom. The second-order valence-electron chi connectivity index (χ2n) is 4.74. The lowest BCUT2D eigenvalue weighted by Crippen LogP contribution is -2.09. The highest BCUT2D eigenvalue weighted by molar-refractivity contribution is 5.92. The lowest BCUT2D eigenvalue weighted by molar-refractivity contribution is 0.0692. The van der Waals surface area contributed by atoms with Gasteiger partial charge in [0.05, 0.1) is 0 Å². The minimum absolute atomic E-state index is 0.0625. The Morgan fingerprint density at radius 3 is 2.61 bits per heavy atom. The van der Waals surface area contributed by atoms with E-state index in [0.29, 0.717) is 5.92 Å². The van der Waals surface area contributed by atoms with Crippen molar-refractivity contribution in [2.75, 3.05) is 0 Å². The molecule has 3 heteroatoms. The third-order valence-corrected chi connectivity index (χ3v) is 3.39. The van der Waals surface area contributed by atoms with Crippen molar-refractivity contribution in [2.24, 2.45) is 5.92 Å². The Balaban J connectivity index is 2.88. The van der Waals surface area contributed by atoms with Gasteiger partial charge in [-0.15, -0.1) is 0 Å². The Hall–Kier alpha value is -1.51. The van der Waals surface area contributed by atoms with Crippen molar-refractivity contribution in [1.82, 2.24) is 0 Å². The summed E-state index contributed by atoms with van der Waals surface area (Å²) >= 11 is 0. The first-order valence-electron chi connectivity index (χ1n) is 6.64. The number of carboxylic acids is 1. The van der Waals surface area contributed by atoms with Crippen LogP contribution in [0.15, 0.2) is 18.2 Å². The van der Waals surface area contributed by atoms with E-state index in [4.69, 9.17) is 5.11 Å². The van der Waals surface area contributed by atoms with Gasteiger partial charge in [-0.3, -0.25) is 0 Å². The van der Waals surface area contributed by atoms with Crippen molar-refractivity contribution in [3.05, 3.63) is 29.3 Å². The highest BCUT2D eigenvalue weighted by atomic mass is 16.4. The molecule has 0 aliphatic heterocycles. The van der Waals surface area contributed by atoms with E-state index in [2.05, 4.69) is 13.8 Å². The zero-order valence-electron chi connectivity index (χ0n) is 11.1. The van der Waals surface area contributed by atoms with Crippen LogP contribution in [0.2, 0.25) is 0 Å². The van der Waals surface area contributed by atoms with Gasteiger partial charge in [-0.2, -0.15) is 0 Å². The van der Waals surface area contributed by atoms with E-state index >= 15 is 0 Å². The smallest absolute Gasteiger partial charge is 0.339 e. The van der Waals surface area contributed by atoms with Crippen LogP contribution in [-0.4, -0.2) is 16.2 Å². The highest BCUT2D eigenvalue weighted by Gasteiger charge is 2.17. The summed E-state index contributed by atoms with van der Waals surface area (Å²) in [6.07, 6.45) is 5.20. The van der Waals surface area contributed by atoms with Crippen molar-refractivity contribution in [3.63, 3.8) is 0 Å². The summed E-state index contributed by atoms with van der Waals surface area (Å²) in [4.78, 5) is 11.2. The molecule has 100 valence electrons. The molecule has 0 heterocycles. The molecular formula is C15H22O3. The fourth-order valence-corrected chi connectivity index (χ4v) is 2.26. The number of unbranched alkanes of at least 4 members (excludes halogenated alkanes) is 1. The second kappa shape index (κ2) is 7.04. The van der Waals surface area contributed by atoms with E-state index in [9.17, 15) is 9.90 Å². The van der Waals surface area contributed by atoms with E-state index in [1.807, 2.05) is 0 Å². The maximum Gasteiger partial charge on any atom is 0.339 e. The predicted molar refractivity (Wildman–Crippen MR) is 72.1 cm³/mol. The van der Waals surface area contributed by atoms with Gasteiger partial charge in [-0.1, -0.05) is 51.7 Å². The molecule has 1 aromatic rings. The summed E-state index contributed by atoms with van der Waals surface area (Å²) in [5, 5.41) is 18.8. The minimum Gasteiger partial charge on any atom is -0.507 e. The van der Waals surface area contributed by atoms with Crippen molar-refractivity contribution in [1.29, 1.82) is 0 Å². The number of hydrogen-bond donors (Lipinski definition) is 2. The van der Waals surface area contributed by atoms with E-state index in [1.54, 1.807) is 12.1 Å². The standard InChI is InChI=1S/C15H22O3/c1-3-5-7-11(4-2)10-12-8-6-9-13(16)14(12)15(17)18/h6,8-9,11,16H,3-5,7,10H2,1-2H3,(H,17,18). The van der Waals surface area contributed by atoms with Gasteiger partial charge >= 0.3 is 5.97 Å². The van der Waals surface area contributed by atoms with E-state index in [-0.39, 0.29) is 11.3 Å². The molecule has 0 fully saturated rings. The molecule has 0 saturated heterocycles. The molecule has 2 N–H and O–H groups in total. The first-order valence-corrected chi connectivity index (χ1v) is 6.64. The zero-order valence-corrected chi connectivity index (χ0v) is 11.1. The summed E-state index contributed by atoms with van der Waals surface area (Å²) in [7, 11) is 0. The number of rotatable bonds is 7. The van der Waals surface area contributed by atoms with Crippen molar-refractivity contribution in [3.8, 4) is 5.75 Å². The van der Waals surface area contributed by atoms with Crippen molar-refractivity contribution in [2.45, 2.75) is 46.0 Å². The van der Waals surface area contributed by atoms with Crippen LogP contribution in [0, 0.1) is 5.92 Å². The van der Waals surface area contributed by atoms with Gasteiger partial charge in [-0.25, -0.2) is 4.79 Å². The third-order valence-electron chi connectivity index (χ3n) is 3.39. The van der Waals surface area contributed by atoms with Crippen LogP contribution in [0.3, 0.4) is 0 Å². The van der Waals surface area contributed by atoms with Crippen LogP contribution in [0.5, 0.6) is 5.75 Å². The van der Waals surface area contributed by atoms with Crippen LogP contribution >= 0.6 is 0 Å². The lowest BCUT2D eigenvalue weighted by Gasteiger charge is -2.16. The van der Waals surface area contributed by atoms with E-state index in [0.717, 1.165) is 31.2 Å². The van der Waals surface area contributed by atoms with Gasteiger partial charge in [-0.05, 0) is 24.0 Å². The Labute approximate surface area is 108 Å². The normalized spacial score (nSPS) is 12.3. The molecule has 1 rings (SSSR count). The number of benzene rings is 1. The van der Waals surface area contributed by atoms with Gasteiger partial charge < -0.3 is 10.2 Å². The molecule has 0 radical (unpaired) electrons. The van der Waals surface area contributed by atoms with Crippen LogP contribution in [0.4, 0.5) is 0 Å². The molecule has 0 aliphatic rings. The average molecular weight is 250 g/mol. The summed E-state index contributed by atoms with van der Waals surface area (Å²) in [6, 6.07) is 4.95. The molecule has 0 saturated carbocycles. The van der Waals surface area contributed by atoms with Crippen molar-refractivity contribution >= 4 is 5.97 Å². The first kappa shape index (κ1) is 14.6. The molecule has 0 bridgehead atoms. The highest BCUT2D eigenvalue weighted by Crippen LogP contribution is 2.26. The lowest BCUT2D eigenvalue weighted by atomic mass is 9.89. The zero-order chi connectivity index (χ0) is 13.5. The summed E-state index contributed by atoms with van der Waals surface area (Å²) in [5.41, 5.74) is 0.804. The molecule has 0 amide bonds. The molecule has 0 spiro atoms. The number of phenols is 1. The summed E-state index contributed by atoms with van der Waals surface area (Å²) in [5.74, 6) is -0.691. The molecule has 3 nitrogen and oxygen atoms in total. The molecule has 1 atom stereocenters. The number of aromatic hydroxyl groups is 1. The van der Waals surface area contributed by atoms with E-state index in [1.165, 1.54) is 12.5 Å². The molecular weight excluding hydrogens is 228 g/mol. The molecule has 0 aromatic heterocycles. The average Bonchev–Trinajstić information content (AvgIpc) is 2.33. The Kier molecular flexibility index (Phi) is 5.69.